The number of aryl methyl sites for hydroxylation is 1. The Kier molecular flexibility index (Phi) is 4.72. The zero-order valence-corrected chi connectivity index (χ0v) is 9.90. The van der Waals surface area contributed by atoms with Crippen molar-refractivity contribution in [3.05, 3.63) is 22.7 Å². The molecule has 0 aliphatic carbocycles. The van der Waals surface area contributed by atoms with Gasteiger partial charge >= 0.3 is 0 Å². The molecule has 1 aromatic rings. The molecule has 1 aromatic carbocycles. The van der Waals surface area contributed by atoms with Gasteiger partial charge in [0.2, 0.25) is 0 Å². The Morgan fingerprint density at radius 1 is 1.47 bits per heavy atom. The van der Waals surface area contributed by atoms with Gasteiger partial charge in [0, 0.05) is 12.2 Å². The van der Waals surface area contributed by atoms with Gasteiger partial charge in [0.25, 0.3) is 0 Å². The van der Waals surface area contributed by atoms with Crippen LogP contribution in [0.1, 0.15) is 12.0 Å². The second-order valence-corrected chi connectivity index (χ2v) is 3.78. The maximum absolute atomic E-state index is 6.02. The summed E-state index contributed by atoms with van der Waals surface area (Å²) < 4.78 is 5.13. The van der Waals surface area contributed by atoms with E-state index in [2.05, 4.69) is 5.32 Å². The lowest BCUT2D eigenvalue weighted by molar-refractivity contribution is 0.415. The third-order valence-corrected chi connectivity index (χ3v) is 2.49. The molecule has 0 aliphatic heterocycles. The number of hydrogen-bond donors (Lipinski definition) is 2. The van der Waals surface area contributed by atoms with Crippen molar-refractivity contribution in [2.24, 2.45) is 5.73 Å². The van der Waals surface area contributed by atoms with E-state index >= 15 is 0 Å². The number of rotatable bonds is 5. The normalized spacial score (nSPS) is 10.1. The Hall–Kier alpha value is -0.930. The summed E-state index contributed by atoms with van der Waals surface area (Å²) in [5.74, 6) is 0.707. The molecule has 0 fully saturated rings. The molecule has 0 atom stereocenters. The minimum Gasteiger partial charge on any atom is -0.495 e. The van der Waals surface area contributed by atoms with Crippen molar-refractivity contribution in [3.8, 4) is 5.75 Å². The number of benzene rings is 1. The molecule has 3 nitrogen and oxygen atoms in total. The van der Waals surface area contributed by atoms with Gasteiger partial charge in [-0.3, -0.25) is 0 Å². The third kappa shape index (κ3) is 3.29. The van der Waals surface area contributed by atoms with Gasteiger partial charge in [-0.2, -0.15) is 0 Å². The monoisotopic (exact) mass is 228 g/mol. The summed E-state index contributed by atoms with van der Waals surface area (Å²) in [5.41, 5.74) is 7.58. The fraction of sp³-hybridized carbons (Fsp3) is 0.455. The molecule has 0 aliphatic rings. The summed E-state index contributed by atoms with van der Waals surface area (Å²) in [4.78, 5) is 0. The summed E-state index contributed by atoms with van der Waals surface area (Å²) in [6.45, 7) is 3.57. The second-order valence-electron chi connectivity index (χ2n) is 3.37. The van der Waals surface area contributed by atoms with Crippen LogP contribution < -0.4 is 15.8 Å². The Balaban J connectivity index is 2.76. The molecule has 0 spiro atoms. The molecular weight excluding hydrogens is 212 g/mol. The Bertz CT molecular complexity index is 329. The highest BCUT2D eigenvalue weighted by Crippen LogP contribution is 2.30. The third-order valence-electron chi connectivity index (χ3n) is 2.20. The summed E-state index contributed by atoms with van der Waals surface area (Å²) >= 11 is 6.02. The molecule has 0 amide bonds. The highest BCUT2D eigenvalue weighted by molar-refractivity contribution is 6.32. The zero-order chi connectivity index (χ0) is 11.3. The lowest BCUT2D eigenvalue weighted by Crippen LogP contribution is -2.09. The van der Waals surface area contributed by atoms with Crippen molar-refractivity contribution in [1.29, 1.82) is 0 Å². The van der Waals surface area contributed by atoms with Crippen molar-refractivity contribution >= 4 is 17.3 Å². The van der Waals surface area contributed by atoms with E-state index in [4.69, 9.17) is 22.1 Å². The lowest BCUT2D eigenvalue weighted by atomic mass is 10.2. The molecule has 0 unspecified atom stereocenters. The van der Waals surface area contributed by atoms with Crippen LogP contribution in [-0.2, 0) is 0 Å². The maximum atomic E-state index is 6.02. The van der Waals surface area contributed by atoms with Gasteiger partial charge in [-0.05, 0) is 37.6 Å². The molecule has 3 N–H and O–H groups in total. The number of halogens is 1. The molecule has 84 valence electrons. The van der Waals surface area contributed by atoms with Crippen LogP contribution in [0.4, 0.5) is 5.69 Å². The van der Waals surface area contributed by atoms with E-state index in [1.165, 1.54) is 0 Å². The highest BCUT2D eigenvalue weighted by Gasteiger charge is 2.05. The van der Waals surface area contributed by atoms with Crippen molar-refractivity contribution in [2.45, 2.75) is 13.3 Å². The predicted molar refractivity (Wildman–Crippen MR) is 64.9 cm³/mol. The molecule has 15 heavy (non-hydrogen) atoms. The van der Waals surface area contributed by atoms with Crippen LogP contribution in [0.15, 0.2) is 12.1 Å². The molecule has 4 heteroatoms. The molecule has 0 saturated carbocycles. The van der Waals surface area contributed by atoms with Gasteiger partial charge in [0.1, 0.15) is 5.75 Å². The molecule has 0 saturated heterocycles. The van der Waals surface area contributed by atoms with Crippen molar-refractivity contribution in [2.75, 3.05) is 25.5 Å². The summed E-state index contributed by atoms with van der Waals surface area (Å²) in [7, 11) is 1.61. The van der Waals surface area contributed by atoms with Gasteiger partial charge in [-0.15, -0.1) is 0 Å². The van der Waals surface area contributed by atoms with E-state index in [1.54, 1.807) is 7.11 Å². The smallest absolute Gasteiger partial charge is 0.137 e. The predicted octanol–water partition coefficient (Wildman–Crippen LogP) is 2.42. The molecule has 0 aromatic heterocycles. The van der Waals surface area contributed by atoms with E-state index in [-0.39, 0.29) is 0 Å². The maximum Gasteiger partial charge on any atom is 0.137 e. The Morgan fingerprint density at radius 3 is 2.80 bits per heavy atom. The van der Waals surface area contributed by atoms with Crippen LogP contribution in [-0.4, -0.2) is 20.2 Å². The Morgan fingerprint density at radius 2 is 2.20 bits per heavy atom. The highest BCUT2D eigenvalue weighted by atomic mass is 35.5. The van der Waals surface area contributed by atoms with Gasteiger partial charge in [0.05, 0.1) is 12.1 Å². The quantitative estimate of drug-likeness (QED) is 0.761. The van der Waals surface area contributed by atoms with E-state index in [0.717, 1.165) is 24.2 Å². The Labute approximate surface area is 95.6 Å². The number of hydrogen-bond acceptors (Lipinski definition) is 3. The van der Waals surface area contributed by atoms with E-state index < -0.39 is 0 Å². The molecular formula is C11H17ClN2O. The number of nitrogens with one attached hydrogen (secondary N) is 1. The standard InChI is InChI=1S/C11H17ClN2O/c1-8-6-11(15-2)9(12)7-10(8)14-5-3-4-13/h6-7,14H,3-5,13H2,1-2H3. The summed E-state index contributed by atoms with van der Waals surface area (Å²) in [6.07, 6.45) is 0.948. The van der Waals surface area contributed by atoms with Crippen LogP contribution in [0.3, 0.4) is 0 Å². The van der Waals surface area contributed by atoms with Crippen molar-refractivity contribution < 1.29 is 4.74 Å². The second kappa shape index (κ2) is 5.83. The van der Waals surface area contributed by atoms with E-state index in [9.17, 15) is 0 Å². The first-order valence-corrected chi connectivity index (χ1v) is 5.35. The van der Waals surface area contributed by atoms with Crippen molar-refractivity contribution in [1.82, 2.24) is 0 Å². The minimum absolute atomic E-state index is 0.623. The average Bonchev–Trinajstić information content (AvgIpc) is 2.23. The average molecular weight is 229 g/mol. The van der Waals surface area contributed by atoms with Crippen LogP contribution in [0.2, 0.25) is 5.02 Å². The number of ether oxygens (including phenoxy) is 1. The fourth-order valence-electron chi connectivity index (χ4n) is 1.33. The molecule has 0 radical (unpaired) electrons. The number of anilines is 1. The van der Waals surface area contributed by atoms with Crippen LogP contribution in [0.25, 0.3) is 0 Å². The molecule has 0 heterocycles. The van der Waals surface area contributed by atoms with Gasteiger partial charge < -0.3 is 15.8 Å². The number of nitrogens with two attached hydrogens (primary N) is 1. The summed E-state index contributed by atoms with van der Waals surface area (Å²) in [6, 6.07) is 3.80. The van der Waals surface area contributed by atoms with E-state index in [0.29, 0.717) is 17.3 Å². The van der Waals surface area contributed by atoms with Gasteiger partial charge in [-0.25, -0.2) is 0 Å². The van der Waals surface area contributed by atoms with Crippen molar-refractivity contribution in [3.63, 3.8) is 0 Å². The number of methoxy groups -OCH3 is 1. The fourth-order valence-corrected chi connectivity index (χ4v) is 1.57. The minimum atomic E-state index is 0.623. The molecule has 0 bridgehead atoms. The van der Waals surface area contributed by atoms with Crippen LogP contribution in [0.5, 0.6) is 5.75 Å². The SMILES string of the molecule is COc1cc(C)c(NCCCN)cc1Cl. The largest absolute Gasteiger partial charge is 0.495 e. The first-order valence-electron chi connectivity index (χ1n) is 4.97. The molecule has 1 rings (SSSR count). The van der Waals surface area contributed by atoms with E-state index in [1.807, 2.05) is 19.1 Å². The summed E-state index contributed by atoms with van der Waals surface area (Å²) in [5, 5.41) is 3.91. The zero-order valence-electron chi connectivity index (χ0n) is 9.14. The van der Waals surface area contributed by atoms with Gasteiger partial charge in [0.15, 0.2) is 0 Å². The first kappa shape index (κ1) is 12.1. The lowest BCUT2D eigenvalue weighted by Gasteiger charge is -2.11. The van der Waals surface area contributed by atoms with Gasteiger partial charge in [-0.1, -0.05) is 11.6 Å². The topological polar surface area (TPSA) is 47.3 Å². The van der Waals surface area contributed by atoms with Crippen LogP contribution in [0, 0.1) is 6.92 Å². The van der Waals surface area contributed by atoms with Crippen LogP contribution >= 0.6 is 11.6 Å². The first-order chi connectivity index (χ1) is 7.19.